The molecule has 1 N–H and O–H groups in total. The van der Waals surface area contributed by atoms with Gasteiger partial charge in [-0.1, -0.05) is 66.5 Å². The highest BCUT2D eigenvalue weighted by molar-refractivity contribution is 7.99. The topological polar surface area (TPSA) is 59.8 Å². The molecule has 1 heterocycles. The molecule has 1 fully saturated rings. The van der Waals surface area contributed by atoms with Crippen LogP contribution >= 0.6 is 23.4 Å². The second-order valence-electron chi connectivity index (χ2n) is 7.22. The van der Waals surface area contributed by atoms with Gasteiger partial charge >= 0.3 is 0 Å². The number of aromatic nitrogens is 3. The lowest BCUT2D eigenvalue weighted by Crippen LogP contribution is -2.33. The number of nitrogens with one attached hydrogen (secondary N) is 1. The number of amides is 1. The van der Waals surface area contributed by atoms with Crippen molar-refractivity contribution in [1.82, 2.24) is 20.1 Å². The molecule has 0 atom stereocenters. The van der Waals surface area contributed by atoms with Crippen LogP contribution in [0.1, 0.15) is 31.2 Å². The van der Waals surface area contributed by atoms with Gasteiger partial charge in [0.15, 0.2) is 11.0 Å². The largest absolute Gasteiger partial charge is 0.353 e. The molecule has 2 aromatic carbocycles. The zero-order valence-corrected chi connectivity index (χ0v) is 17.6. The van der Waals surface area contributed by atoms with Crippen molar-refractivity contribution in [1.29, 1.82) is 0 Å². The Balaban J connectivity index is 1.54. The third-order valence-corrected chi connectivity index (χ3v) is 6.27. The Morgan fingerprint density at radius 2 is 1.79 bits per heavy atom. The predicted octanol–water partition coefficient (Wildman–Crippen LogP) is 4.80. The van der Waals surface area contributed by atoms with Gasteiger partial charge in [0, 0.05) is 16.6 Å². The Kier molecular flexibility index (Phi) is 6.52. The van der Waals surface area contributed by atoms with Crippen molar-refractivity contribution < 1.29 is 4.79 Å². The summed E-state index contributed by atoms with van der Waals surface area (Å²) in [5, 5.41) is 13.3. The van der Waals surface area contributed by atoms with Crippen molar-refractivity contribution in [3.63, 3.8) is 0 Å². The van der Waals surface area contributed by atoms with Gasteiger partial charge in [0.25, 0.3) is 0 Å². The van der Waals surface area contributed by atoms with Gasteiger partial charge in [-0.3, -0.25) is 9.36 Å². The van der Waals surface area contributed by atoms with Crippen LogP contribution < -0.4 is 5.32 Å². The summed E-state index contributed by atoms with van der Waals surface area (Å²) in [6.45, 7) is 0.637. The Hall–Kier alpha value is -2.31. The maximum absolute atomic E-state index is 12.4. The quantitative estimate of drug-likeness (QED) is 0.551. The van der Waals surface area contributed by atoms with Crippen molar-refractivity contribution in [2.75, 3.05) is 5.75 Å². The Labute approximate surface area is 179 Å². The number of nitrogens with zero attached hydrogens (tertiary/aromatic N) is 3. The first kappa shape index (κ1) is 20.0. The monoisotopic (exact) mass is 426 g/mol. The molecule has 1 aliphatic rings. The van der Waals surface area contributed by atoms with E-state index in [2.05, 4.69) is 32.2 Å². The van der Waals surface area contributed by atoms with Crippen molar-refractivity contribution >= 4 is 29.3 Å². The molecule has 4 rings (SSSR count). The molecule has 0 spiro atoms. The van der Waals surface area contributed by atoms with Gasteiger partial charge in [-0.25, -0.2) is 0 Å². The number of thioether (sulfide) groups is 1. The summed E-state index contributed by atoms with van der Waals surface area (Å²) in [6, 6.07) is 18.1. The average molecular weight is 427 g/mol. The highest BCUT2D eigenvalue weighted by Crippen LogP contribution is 2.26. The van der Waals surface area contributed by atoms with Crippen LogP contribution in [-0.4, -0.2) is 32.5 Å². The second-order valence-corrected chi connectivity index (χ2v) is 8.60. The van der Waals surface area contributed by atoms with Gasteiger partial charge < -0.3 is 5.32 Å². The molecule has 1 saturated carbocycles. The Bertz CT molecular complexity index is 953. The molecule has 3 aromatic rings. The van der Waals surface area contributed by atoms with Gasteiger partial charge in [0.1, 0.15) is 0 Å². The van der Waals surface area contributed by atoms with Crippen LogP contribution in [0.2, 0.25) is 5.02 Å². The number of rotatable bonds is 7. The highest BCUT2D eigenvalue weighted by Gasteiger charge is 2.19. The normalized spacial score (nSPS) is 14.2. The maximum atomic E-state index is 12.4. The first-order valence-electron chi connectivity index (χ1n) is 9.84. The van der Waals surface area contributed by atoms with E-state index in [1.165, 1.54) is 24.6 Å². The molecule has 1 aliphatic carbocycles. The van der Waals surface area contributed by atoms with E-state index in [4.69, 9.17) is 11.6 Å². The van der Waals surface area contributed by atoms with E-state index in [1.807, 2.05) is 42.5 Å². The van der Waals surface area contributed by atoms with Crippen molar-refractivity contribution in [2.24, 2.45) is 0 Å². The first-order chi connectivity index (χ1) is 14.2. The summed E-state index contributed by atoms with van der Waals surface area (Å²) in [4.78, 5) is 12.4. The number of benzene rings is 2. The minimum atomic E-state index is 0.0594. The predicted molar refractivity (Wildman–Crippen MR) is 117 cm³/mol. The van der Waals surface area contributed by atoms with Crippen LogP contribution in [0.25, 0.3) is 11.4 Å². The van der Waals surface area contributed by atoms with E-state index in [-0.39, 0.29) is 5.91 Å². The summed E-state index contributed by atoms with van der Waals surface area (Å²) in [5.41, 5.74) is 2.10. The van der Waals surface area contributed by atoms with Gasteiger partial charge in [-0.2, -0.15) is 0 Å². The van der Waals surface area contributed by atoms with Crippen molar-refractivity contribution in [3.05, 3.63) is 65.2 Å². The van der Waals surface area contributed by atoms with Gasteiger partial charge in [0.05, 0.1) is 12.3 Å². The fraction of sp³-hybridized carbons (Fsp3) is 0.318. The molecule has 0 radical (unpaired) electrons. The zero-order valence-electron chi connectivity index (χ0n) is 16.1. The van der Waals surface area contributed by atoms with Crippen molar-refractivity contribution in [3.8, 4) is 11.4 Å². The van der Waals surface area contributed by atoms with E-state index in [0.29, 0.717) is 23.4 Å². The number of carbonyl (C=O) groups is 1. The third kappa shape index (κ3) is 5.19. The van der Waals surface area contributed by atoms with Gasteiger partial charge in [0.2, 0.25) is 5.91 Å². The smallest absolute Gasteiger partial charge is 0.230 e. The number of carbonyl (C=O) groups excluding carboxylic acids is 1. The van der Waals surface area contributed by atoms with Crippen LogP contribution in [-0.2, 0) is 11.3 Å². The number of hydrogen-bond acceptors (Lipinski definition) is 4. The lowest BCUT2D eigenvalue weighted by Gasteiger charge is -2.13. The van der Waals surface area contributed by atoms with E-state index in [0.717, 1.165) is 34.9 Å². The zero-order chi connectivity index (χ0) is 20.1. The number of halogens is 1. The number of hydrogen-bond donors (Lipinski definition) is 1. The fourth-order valence-electron chi connectivity index (χ4n) is 3.59. The lowest BCUT2D eigenvalue weighted by molar-refractivity contribution is -0.119. The van der Waals surface area contributed by atoms with Gasteiger partial charge in [-0.05, 0) is 42.7 Å². The summed E-state index contributed by atoms with van der Waals surface area (Å²) in [6.07, 6.45) is 4.57. The lowest BCUT2D eigenvalue weighted by atomic mass is 10.2. The summed E-state index contributed by atoms with van der Waals surface area (Å²) >= 11 is 7.46. The summed E-state index contributed by atoms with van der Waals surface area (Å²) in [7, 11) is 0. The van der Waals surface area contributed by atoms with Crippen LogP contribution in [0.15, 0.2) is 59.8 Å². The second kappa shape index (κ2) is 9.46. The average Bonchev–Trinajstić information content (AvgIpc) is 3.38. The Morgan fingerprint density at radius 1 is 1.07 bits per heavy atom. The van der Waals surface area contributed by atoms with Crippen LogP contribution in [0.3, 0.4) is 0 Å². The summed E-state index contributed by atoms with van der Waals surface area (Å²) in [5.74, 6) is 1.16. The third-order valence-electron chi connectivity index (χ3n) is 5.06. The van der Waals surface area contributed by atoms with Crippen LogP contribution in [0.4, 0.5) is 0 Å². The maximum Gasteiger partial charge on any atom is 0.230 e. The molecular weight excluding hydrogens is 404 g/mol. The molecule has 1 amide bonds. The van der Waals surface area contributed by atoms with E-state index < -0.39 is 0 Å². The SMILES string of the molecule is O=C(CSc1nnc(-c2ccc(Cl)cc2)n1Cc1ccccc1)NC1CCCC1. The molecule has 0 saturated heterocycles. The minimum Gasteiger partial charge on any atom is -0.353 e. The molecular formula is C22H23ClN4OS. The highest BCUT2D eigenvalue weighted by atomic mass is 35.5. The molecule has 7 heteroatoms. The van der Waals surface area contributed by atoms with Gasteiger partial charge in [-0.15, -0.1) is 10.2 Å². The Morgan fingerprint density at radius 3 is 2.52 bits per heavy atom. The minimum absolute atomic E-state index is 0.0594. The summed E-state index contributed by atoms with van der Waals surface area (Å²) < 4.78 is 2.06. The van der Waals surface area contributed by atoms with Crippen LogP contribution in [0, 0.1) is 0 Å². The van der Waals surface area contributed by atoms with Crippen LogP contribution in [0.5, 0.6) is 0 Å². The van der Waals surface area contributed by atoms with E-state index >= 15 is 0 Å². The molecule has 5 nitrogen and oxygen atoms in total. The molecule has 0 bridgehead atoms. The van der Waals surface area contributed by atoms with E-state index in [9.17, 15) is 4.79 Å². The molecule has 150 valence electrons. The molecule has 1 aromatic heterocycles. The molecule has 0 aliphatic heterocycles. The first-order valence-corrected chi connectivity index (χ1v) is 11.2. The fourth-order valence-corrected chi connectivity index (χ4v) is 4.46. The molecule has 29 heavy (non-hydrogen) atoms. The molecule has 0 unspecified atom stereocenters. The van der Waals surface area contributed by atoms with Crippen molar-refractivity contribution in [2.45, 2.75) is 43.4 Å². The van der Waals surface area contributed by atoms with E-state index in [1.54, 1.807) is 0 Å². The standard InChI is InChI=1S/C22H23ClN4OS/c23-18-12-10-17(11-13-18)21-25-26-22(27(21)14-16-6-2-1-3-7-16)29-15-20(28)24-19-8-4-5-9-19/h1-3,6-7,10-13,19H,4-5,8-9,14-15H2,(H,24,28).